The Morgan fingerprint density at radius 1 is 1.09 bits per heavy atom. The molecule has 0 bridgehead atoms. The number of halogens is 1. The quantitative estimate of drug-likeness (QED) is 0.588. The van der Waals surface area contributed by atoms with Crippen molar-refractivity contribution in [2.45, 2.75) is 25.5 Å². The number of likely N-dealkylation sites (N-methyl/N-ethyl adjacent to an activating group) is 1. The van der Waals surface area contributed by atoms with Gasteiger partial charge >= 0.3 is 5.97 Å². The van der Waals surface area contributed by atoms with E-state index in [1.807, 2.05) is 50.2 Å². The Morgan fingerprint density at radius 2 is 1.76 bits per heavy atom. The van der Waals surface area contributed by atoms with Crippen LogP contribution in [0.5, 0.6) is 5.75 Å². The molecule has 6 nitrogen and oxygen atoms in total. The molecule has 4 rings (SSSR count). The van der Waals surface area contributed by atoms with E-state index >= 15 is 0 Å². The number of carbonyl (C=O) groups is 2. The Bertz CT molecular complexity index is 1190. The minimum Gasteiger partial charge on any atom is -0.478 e. The molecule has 1 aliphatic rings. The number of amides is 1. The van der Waals surface area contributed by atoms with Crippen molar-refractivity contribution in [3.05, 3.63) is 94.0 Å². The monoisotopic (exact) mass is 464 g/mol. The fraction of sp³-hybridized carbons (Fsp3) is 0.231. The lowest BCUT2D eigenvalue weighted by Gasteiger charge is -2.40. The SMILES string of the molecule is Cc1cc(C)cc(O[C@H](C(=O)O)[C@@]2(c3ccccc3)NCC(=O)N(C)c3ccc(Cl)cc32)c1. The molecule has 170 valence electrons. The van der Waals surface area contributed by atoms with E-state index in [2.05, 4.69) is 5.32 Å². The lowest BCUT2D eigenvalue weighted by atomic mass is 9.77. The summed E-state index contributed by atoms with van der Waals surface area (Å²) in [6.45, 7) is 3.77. The predicted octanol–water partition coefficient (Wildman–Crippen LogP) is 4.30. The van der Waals surface area contributed by atoms with Gasteiger partial charge in [0.2, 0.25) is 12.0 Å². The second kappa shape index (κ2) is 8.89. The van der Waals surface area contributed by atoms with E-state index in [0.717, 1.165) is 11.1 Å². The highest BCUT2D eigenvalue weighted by molar-refractivity contribution is 6.30. The maximum absolute atomic E-state index is 12.9. The number of carboxylic acid groups (broad SMARTS) is 1. The van der Waals surface area contributed by atoms with E-state index in [4.69, 9.17) is 16.3 Å². The number of fused-ring (bicyclic) bond motifs is 1. The van der Waals surface area contributed by atoms with Crippen LogP contribution in [0.4, 0.5) is 5.69 Å². The van der Waals surface area contributed by atoms with E-state index in [9.17, 15) is 14.7 Å². The van der Waals surface area contributed by atoms with Gasteiger partial charge in [0.05, 0.1) is 6.54 Å². The van der Waals surface area contributed by atoms with Crippen molar-refractivity contribution in [3.8, 4) is 5.75 Å². The van der Waals surface area contributed by atoms with Crippen molar-refractivity contribution in [3.63, 3.8) is 0 Å². The standard InChI is InChI=1S/C26H25ClN2O4/c1-16-11-17(2)13-20(12-16)33-24(25(31)32)26(18-7-5-4-6-8-18)21-14-19(27)9-10-22(21)29(3)23(30)15-28-26/h4-14,24,28H,15H2,1-3H3,(H,31,32)/t24-,26+/m1/s1. The van der Waals surface area contributed by atoms with E-state index in [1.54, 1.807) is 37.4 Å². The molecule has 3 aromatic carbocycles. The molecule has 3 aromatic rings. The summed E-state index contributed by atoms with van der Waals surface area (Å²) >= 11 is 6.40. The molecular formula is C26H25ClN2O4. The largest absolute Gasteiger partial charge is 0.478 e. The lowest BCUT2D eigenvalue weighted by molar-refractivity contribution is -0.149. The number of aliphatic carboxylic acids is 1. The second-order valence-electron chi connectivity index (χ2n) is 8.30. The fourth-order valence-corrected chi connectivity index (χ4v) is 4.66. The van der Waals surface area contributed by atoms with Crippen molar-refractivity contribution < 1.29 is 19.4 Å². The van der Waals surface area contributed by atoms with Crippen LogP contribution in [-0.2, 0) is 15.1 Å². The zero-order chi connectivity index (χ0) is 23.8. The summed E-state index contributed by atoms with van der Waals surface area (Å²) < 4.78 is 6.22. The van der Waals surface area contributed by atoms with E-state index in [0.29, 0.717) is 27.6 Å². The maximum atomic E-state index is 12.9. The zero-order valence-corrected chi connectivity index (χ0v) is 19.4. The van der Waals surface area contributed by atoms with Crippen LogP contribution in [0, 0.1) is 13.8 Å². The second-order valence-corrected chi connectivity index (χ2v) is 8.74. The molecule has 0 radical (unpaired) electrons. The number of benzene rings is 3. The molecule has 0 aromatic heterocycles. The highest BCUT2D eigenvalue weighted by Crippen LogP contribution is 2.43. The third kappa shape index (κ3) is 4.19. The highest BCUT2D eigenvalue weighted by Gasteiger charge is 2.51. The number of anilines is 1. The number of rotatable bonds is 5. The van der Waals surface area contributed by atoms with Crippen LogP contribution < -0.4 is 15.0 Å². The van der Waals surface area contributed by atoms with Gasteiger partial charge in [-0.2, -0.15) is 0 Å². The average molecular weight is 465 g/mol. The van der Waals surface area contributed by atoms with Gasteiger partial charge in [0.1, 0.15) is 11.3 Å². The first-order valence-electron chi connectivity index (χ1n) is 10.6. The van der Waals surface area contributed by atoms with E-state index in [-0.39, 0.29) is 12.5 Å². The van der Waals surface area contributed by atoms with Crippen molar-refractivity contribution in [1.29, 1.82) is 0 Å². The highest BCUT2D eigenvalue weighted by atomic mass is 35.5. The van der Waals surface area contributed by atoms with Crippen molar-refractivity contribution in [2.24, 2.45) is 0 Å². The average Bonchev–Trinajstić information content (AvgIpc) is 2.87. The Labute approximate surface area is 197 Å². The summed E-state index contributed by atoms with van der Waals surface area (Å²) in [6, 6.07) is 19.9. The molecule has 0 saturated carbocycles. The van der Waals surface area contributed by atoms with Crippen LogP contribution in [-0.4, -0.2) is 36.7 Å². The first kappa shape index (κ1) is 22.8. The number of hydrogen-bond acceptors (Lipinski definition) is 4. The summed E-state index contributed by atoms with van der Waals surface area (Å²) in [5.74, 6) is -0.940. The van der Waals surface area contributed by atoms with Crippen molar-refractivity contribution >= 4 is 29.2 Å². The number of ether oxygens (including phenoxy) is 1. The van der Waals surface area contributed by atoms with Crippen LogP contribution in [0.1, 0.15) is 22.3 Å². The van der Waals surface area contributed by atoms with Gasteiger partial charge in [-0.25, -0.2) is 4.79 Å². The zero-order valence-electron chi connectivity index (χ0n) is 18.6. The Morgan fingerprint density at radius 3 is 2.39 bits per heavy atom. The van der Waals surface area contributed by atoms with Gasteiger partial charge in [-0.3, -0.25) is 10.1 Å². The first-order chi connectivity index (χ1) is 15.7. The molecular weight excluding hydrogens is 440 g/mol. The summed E-state index contributed by atoms with van der Waals surface area (Å²) in [5, 5.41) is 14.1. The summed E-state index contributed by atoms with van der Waals surface area (Å²) in [7, 11) is 1.67. The molecule has 0 fully saturated rings. The fourth-order valence-electron chi connectivity index (χ4n) is 4.48. The number of nitrogens with zero attached hydrogens (tertiary/aromatic N) is 1. The topological polar surface area (TPSA) is 78.9 Å². The molecule has 2 N–H and O–H groups in total. The molecule has 7 heteroatoms. The van der Waals surface area contributed by atoms with Gasteiger partial charge in [0.15, 0.2) is 0 Å². The molecule has 1 heterocycles. The Balaban J connectivity index is 2.02. The molecule has 1 amide bonds. The van der Waals surface area contributed by atoms with Gasteiger partial charge in [-0.15, -0.1) is 0 Å². The van der Waals surface area contributed by atoms with Crippen molar-refractivity contribution in [2.75, 3.05) is 18.5 Å². The van der Waals surface area contributed by atoms with Crippen LogP contribution >= 0.6 is 11.6 Å². The molecule has 0 spiro atoms. The number of aryl methyl sites for hydroxylation is 2. The van der Waals surface area contributed by atoms with E-state index < -0.39 is 17.6 Å². The normalized spacial score (nSPS) is 18.9. The minimum atomic E-state index is -1.40. The molecule has 1 aliphatic heterocycles. The summed E-state index contributed by atoms with van der Waals surface area (Å²) in [5.41, 5.74) is 2.27. The number of hydrogen-bond donors (Lipinski definition) is 2. The number of carbonyl (C=O) groups excluding carboxylic acids is 1. The smallest absolute Gasteiger partial charge is 0.347 e. The van der Waals surface area contributed by atoms with Gasteiger partial charge in [-0.1, -0.05) is 48.0 Å². The van der Waals surface area contributed by atoms with Crippen LogP contribution in [0.15, 0.2) is 66.7 Å². The maximum Gasteiger partial charge on any atom is 0.347 e. The molecule has 2 atom stereocenters. The van der Waals surface area contributed by atoms with E-state index in [1.165, 1.54) is 4.90 Å². The summed E-state index contributed by atoms with van der Waals surface area (Å²) in [4.78, 5) is 27.2. The minimum absolute atomic E-state index is 0.0856. The van der Waals surface area contributed by atoms with Gasteiger partial charge in [0, 0.05) is 23.3 Å². The number of carboxylic acids is 1. The molecule has 33 heavy (non-hydrogen) atoms. The lowest BCUT2D eigenvalue weighted by Crippen LogP contribution is -2.58. The molecule has 0 unspecified atom stereocenters. The Kier molecular flexibility index (Phi) is 6.15. The Hall–Kier alpha value is -3.35. The van der Waals surface area contributed by atoms with Crippen molar-refractivity contribution in [1.82, 2.24) is 5.32 Å². The molecule has 0 aliphatic carbocycles. The predicted molar refractivity (Wildman–Crippen MR) is 128 cm³/mol. The third-order valence-electron chi connectivity index (χ3n) is 5.93. The summed E-state index contributed by atoms with van der Waals surface area (Å²) in [6.07, 6.45) is -1.40. The van der Waals surface area contributed by atoms with Gasteiger partial charge in [0.25, 0.3) is 0 Å². The van der Waals surface area contributed by atoms with Crippen LogP contribution in [0.2, 0.25) is 5.02 Å². The van der Waals surface area contributed by atoms with Crippen LogP contribution in [0.25, 0.3) is 0 Å². The molecule has 0 saturated heterocycles. The third-order valence-corrected chi connectivity index (χ3v) is 6.17. The number of nitrogens with one attached hydrogen (secondary N) is 1. The van der Waals surface area contributed by atoms with Crippen LogP contribution in [0.3, 0.4) is 0 Å². The first-order valence-corrected chi connectivity index (χ1v) is 10.9. The van der Waals surface area contributed by atoms with Gasteiger partial charge in [-0.05, 0) is 60.9 Å². The van der Waals surface area contributed by atoms with Gasteiger partial charge < -0.3 is 14.7 Å².